The third-order valence-electron chi connectivity index (χ3n) is 3.59. The quantitative estimate of drug-likeness (QED) is 0.695. The molecule has 2 aromatic heterocycles. The van der Waals surface area contributed by atoms with Crippen molar-refractivity contribution in [1.29, 1.82) is 0 Å². The molecule has 0 bridgehead atoms. The SMILES string of the molecule is CC(=O)NCc1ccc(-c2noc(C(C)NC(=O)c3ccccc3)n2)s1. The lowest BCUT2D eigenvalue weighted by molar-refractivity contribution is -0.119. The van der Waals surface area contributed by atoms with E-state index in [1.54, 1.807) is 31.2 Å². The Kier molecular flexibility index (Phi) is 5.43. The highest BCUT2D eigenvalue weighted by Gasteiger charge is 2.18. The van der Waals surface area contributed by atoms with E-state index < -0.39 is 6.04 Å². The molecule has 7 nitrogen and oxygen atoms in total. The second-order valence-electron chi connectivity index (χ2n) is 5.69. The van der Waals surface area contributed by atoms with Crippen LogP contribution in [0, 0.1) is 0 Å². The Morgan fingerprint density at radius 2 is 1.96 bits per heavy atom. The Morgan fingerprint density at radius 3 is 2.69 bits per heavy atom. The van der Waals surface area contributed by atoms with Gasteiger partial charge >= 0.3 is 0 Å². The van der Waals surface area contributed by atoms with Crippen LogP contribution in [0.1, 0.15) is 41.0 Å². The minimum Gasteiger partial charge on any atom is -0.351 e. The van der Waals surface area contributed by atoms with E-state index >= 15 is 0 Å². The van der Waals surface area contributed by atoms with Gasteiger partial charge in [-0.2, -0.15) is 4.98 Å². The van der Waals surface area contributed by atoms with Crippen LogP contribution in [0.3, 0.4) is 0 Å². The molecule has 1 aromatic carbocycles. The Hall–Kier alpha value is -3.00. The molecule has 3 rings (SSSR count). The molecular weight excluding hydrogens is 352 g/mol. The van der Waals surface area contributed by atoms with Gasteiger partial charge in [0.2, 0.25) is 17.6 Å². The molecule has 26 heavy (non-hydrogen) atoms. The molecule has 0 aliphatic rings. The van der Waals surface area contributed by atoms with Crippen LogP contribution in [-0.2, 0) is 11.3 Å². The lowest BCUT2D eigenvalue weighted by Crippen LogP contribution is -2.26. The average Bonchev–Trinajstić information content (AvgIpc) is 3.30. The van der Waals surface area contributed by atoms with Crippen LogP contribution in [0.15, 0.2) is 47.0 Å². The molecule has 0 aliphatic carbocycles. The van der Waals surface area contributed by atoms with Gasteiger partial charge in [-0.05, 0) is 31.2 Å². The van der Waals surface area contributed by atoms with Crippen LogP contribution >= 0.6 is 11.3 Å². The number of aromatic nitrogens is 2. The molecule has 0 saturated heterocycles. The van der Waals surface area contributed by atoms with Crippen molar-refractivity contribution in [3.8, 4) is 10.7 Å². The normalized spacial score (nSPS) is 11.8. The van der Waals surface area contributed by atoms with Crippen LogP contribution < -0.4 is 10.6 Å². The number of thiophene rings is 1. The van der Waals surface area contributed by atoms with Gasteiger partial charge in [-0.1, -0.05) is 23.4 Å². The maximum Gasteiger partial charge on any atom is 0.251 e. The summed E-state index contributed by atoms with van der Waals surface area (Å²) in [4.78, 5) is 29.4. The maximum atomic E-state index is 12.2. The van der Waals surface area contributed by atoms with Gasteiger partial charge in [0, 0.05) is 17.4 Å². The summed E-state index contributed by atoms with van der Waals surface area (Å²) in [5.74, 6) is 0.511. The summed E-state index contributed by atoms with van der Waals surface area (Å²) in [7, 11) is 0. The fraction of sp³-hybridized carbons (Fsp3) is 0.222. The van der Waals surface area contributed by atoms with Crippen molar-refractivity contribution in [2.75, 3.05) is 0 Å². The molecule has 0 fully saturated rings. The minimum absolute atomic E-state index is 0.0789. The van der Waals surface area contributed by atoms with Crippen molar-refractivity contribution in [2.45, 2.75) is 26.4 Å². The molecule has 2 amide bonds. The predicted molar refractivity (Wildman–Crippen MR) is 97.5 cm³/mol. The number of hydrogen-bond donors (Lipinski definition) is 2. The van der Waals surface area contributed by atoms with E-state index in [-0.39, 0.29) is 11.8 Å². The first-order chi connectivity index (χ1) is 12.5. The zero-order valence-electron chi connectivity index (χ0n) is 14.4. The number of benzene rings is 1. The largest absolute Gasteiger partial charge is 0.351 e. The van der Waals surface area contributed by atoms with E-state index in [9.17, 15) is 9.59 Å². The van der Waals surface area contributed by atoms with E-state index in [1.165, 1.54) is 18.3 Å². The van der Waals surface area contributed by atoms with Gasteiger partial charge in [-0.25, -0.2) is 0 Å². The highest BCUT2D eigenvalue weighted by atomic mass is 32.1. The Morgan fingerprint density at radius 1 is 1.19 bits per heavy atom. The van der Waals surface area contributed by atoms with E-state index in [2.05, 4.69) is 20.8 Å². The fourth-order valence-electron chi connectivity index (χ4n) is 2.25. The molecule has 0 radical (unpaired) electrons. The lowest BCUT2D eigenvalue weighted by atomic mass is 10.2. The van der Waals surface area contributed by atoms with Crippen LogP contribution in [-0.4, -0.2) is 22.0 Å². The summed E-state index contributed by atoms with van der Waals surface area (Å²) < 4.78 is 5.29. The molecular formula is C18H18N4O3S. The lowest BCUT2D eigenvalue weighted by Gasteiger charge is -2.09. The Bertz CT molecular complexity index is 904. The van der Waals surface area contributed by atoms with Gasteiger partial charge in [0.15, 0.2) is 0 Å². The molecule has 1 atom stereocenters. The van der Waals surface area contributed by atoms with E-state index in [0.717, 1.165) is 9.75 Å². The molecule has 134 valence electrons. The molecule has 3 aromatic rings. The van der Waals surface area contributed by atoms with Gasteiger partial charge in [0.1, 0.15) is 6.04 Å². The van der Waals surface area contributed by atoms with Gasteiger partial charge < -0.3 is 15.2 Å². The van der Waals surface area contributed by atoms with Crippen molar-refractivity contribution in [3.05, 3.63) is 58.8 Å². The third kappa shape index (κ3) is 4.34. The smallest absolute Gasteiger partial charge is 0.251 e. The molecule has 8 heteroatoms. The summed E-state index contributed by atoms with van der Waals surface area (Å²) in [5.41, 5.74) is 0.569. The number of rotatable bonds is 6. The summed E-state index contributed by atoms with van der Waals surface area (Å²) >= 11 is 1.48. The summed E-state index contributed by atoms with van der Waals surface area (Å²) in [6.07, 6.45) is 0. The second kappa shape index (κ2) is 7.92. The second-order valence-corrected chi connectivity index (χ2v) is 6.86. The van der Waals surface area contributed by atoms with Crippen LogP contribution in [0.4, 0.5) is 0 Å². The van der Waals surface area contributed by atoms with E-state index in [1.807, 2.05) is 18.2 Å². The van der Waals surface area contributed by atoms with Gasteiger partial charge in [0.05, 0.1) is 11.4 Å². The molecule has 0 spiro atoms. The highest BCUT2D eigenvalue weighted by Crippen LogP contribution is 2.26. The summed E-state index contributed by atoms with van der Waals surface area (Å²) in [5, 5.41) is 9.56. The number of nitrogens with zero attached hydrogens (tertiary/aromatic N) is 2. The standard InChI is InChI=1S/C18H18N4O3S/c1-11(20-17(24)13-6-4-3-5-7-13)18-21-16(22-25-18)15-9-8-14(26-15)10-19-12(2)23/h3-9,11H,10H2,1-2H3,(H,19,23)(H,20,24). The van der Waals surface area contributed by atoms with Gasteiger partial charge in [0.25, 0.3) is 5.91 Å². The van der Waals surface area contributed by atoms with E-state index in [0.29, 0.717) is 23.8 Å². The van der Waals surface area contributed by atoms with E-state index in [4.69, 9.17) is 4.52 Å². The van der Waals surface area contributed by atoms with Crippen molar-refractivity contribution in [3.63, 3.8) is 0 Å². The van der Waals surface area contributed by atoms with Crippen molar-refractivity contribution in [1.82, 2.24) is 20.8 Å². The van der Waals surface area contributed by atoms with Gasteiger partial charge in [-0.3, -0.25) is 9.59 Å². The average molecular weight is 370 g/mol. The summed E-state index contributed by atoms with van der Waals surface area (Å²) in [6, 6.07) is 12.3. The minimum atomic E-state index is -0.414. The Balaban J connectivity index is 1.65. The van der Waals surface area contributed by atoms with Crippen molar-refractivity contribution < 1.29 is 14.1 Å². The summed E-state index contributed by atoms with van der Waals surface area (Å²) in [6.45, 7) is 3.73. The molecule has 1 unspecified atom stereocenters. The van der Waals surface area contributed by atoms with Crippen molar-refractivity contribution >= 4 is 23.2 Å². The number of hydrogen-bond acceptors (Lipinski definition) is 6. The predicted octanol–water partition coefficient (Wildman–Crippen LogP) is 2.93. The first-order valence-electron chi connectivity index (χ1n) is 8.06. The topological polar surface area (TPSA) is 97.1 Å². The number of amides is 2. The first kappa shape index (κ1) is 17.8. The zero-order chi connectivity index (χ0) is 18.5. The number of carbonyl (C=O) groups excluding carboxylic acids is 2. The monoisotopic (exact) mass is 370 g/mol. The van der Waals surface area contributed by atoms with Crippen molar-refractivity contribution in [2.24, 2.45) is 0 Å². The van der Waals surface area contributed by atoms with Gasteiger partial charge in [-0.15, -0.1) is 11.3 Å². The first-order valence-corrected chi connectivity index (χ1v) is 8.87. The highest BCUT2D eigenvalue weighted by molar-refractivity contribution is 7.15. The number of nitrogens with one attached hydrogen (secondary N) is 2. The number of carbonyl (C=O) groups is 2. The fourth-order valence-corrected chi connectivity index (χ4v) is 3.12. The Labute approximate surface area is 154 Å². The molecule has 0 saturated carbocycles. The van der Waals surface area contributed by atoms with Crippen LogP contribution in [0.5, 0.6) is 0 Å². The van der Waals surface area contributed by atoms with Crippen LogP contribution in [0.25, 0.3) is 10.7 Å². The molecule has 0 aliphatic heterocycles. The maximum absolute atomic E-state index is 12.2. The third-order valence-corrected chi connectivity index (χ3v) is 4.67. The molecule has 2 N–H and O–H groups in total. The van der Waals surface area contributed by atoms with Crippen LogP contribution in [0.2, 0.25) is 0 Å². The molecule has 2 heterocycles. The zero-order valence-corrected chi connectivity index (χ0v) is 15.2.